The molecule has 0 bridgehead atoms. The van der Waals surface area contributed by atoms with Crippen molar-refractivity contribution >= 4 is 6.16 Å². The van der Waals surface area contributed by atoms with Gasteiger partial charge in [-0.05, 0) is 0 Å². The van der Waals surface area contributed by atoms with E-state index < -0.39 is 6.16 Å². The van der Waals surface area contributed by atoms with Crippen LogP contribution in [0.5, 0.6) is 0 Å². The van der Waals surface area contributed by atoms with E-state index in [1.54, 1.807) is 0 Å². The second kappa shape index (κ2) is 20.1. The molecule has 0 radical (unpaired) electrons. The third kappa shape index (κ3) is 19.1. The maximum Gasteiger partial charge on any atom is 0.507 e. The van der Waals surface area contributed by atoms with Gasteiger partial charge in [-0.1, -0.05) is 0 Å². The number of methoxy groups -OCH3 is 2. The highest BCUT2D eigenvalue weighted by atomic mass is 16.7. The maximum atomic E-state index is 9.74. The Morgan fingerprint density at radius 3 is 0.750 bits per heavy atom. The van der Waals surface area contributed by atoms with Crippen LogP contribution in [-0.4, -0.2) is 99.7 Å². The smallest absolute Gasteiger partial charge is 0.438 e. The van der Waals surface area contributed by atoms with E-state index in [1.165, 1.54) is 14.2 Å². The Hall–Kier alpha value is -0.970. The lowest BCUT2D eigenvalue weighted by molar-refractivity contribution is -0.0334. The van der Waals surface area contributed by atoms with Crippen LogP contribution in [0.1, 0.15) is 0 Å². The average Bonchev–Trinajstić information content (AvgIpc) is 2.61. The van der Waals surface area contributed by atoms with E-state index in [4.69, 9.17) is 28.4 Å². The Morgan fingerprint density at radius 1 is 0.500 bits per heavy atom. The minimum atomic E-state index is -0.657. The van der Waals surface area contributed by atoms with Crippen LogP contribution in [0.15, 0.2) is 0 Å². The van der Waals surface area contributed by atoms with Crippen molar-refractivity contribution in [3.8, 4) is 0 Å². The molecule has 0 amide bonds. The first-order valence-electron chi connectivity index (χ1n) is 7.89. The summed E-state index contributed by atoms with van der Waals surface area (Å²) in [7, 11) is 2.51. The molecule has 0 N–H and O–H groups in total. The third-order valence-electron chi connectivity index (χ3n) is 2.57. The van der Waals surface area contributed by atoms with Crippen molar-refractivity contribution in [2.24, 2.45) is 0 Å². The highest BCUT2D eigenvalue weighted by Gasteiger charge is 1.95. The summed E-state index contributed by atoms with van der Waals surface area (Å²) in [6.07, 6.45) is -0.657. The second-order valence-corrected chi connectivity index (χ2v) is 4.33. The van der Waals surface area contributed by atoms with E-state index >= 15 is 0 Å². The summed E-state index contributed by atoms with van der Waals surface area (Å²) >= 11 is 0. The van der Waals surface area contributed by atoms with Gasteiger partial charge in [-0.2, -0.15) is 0 Å². The predicted octanol–water partition coefficient (Wildman–Crippen LogP) is 0.499. The van der Waals surface area contributed by atoms with E-state index in [2.05, 4.69) is 9.47 Å². The molecule has 9 nitrogen and oxygen atoms in total. The van der Waals surface area contributed by atoms with Gasteiger partial charge in [0.05, 0.1) is 93.5 Å². The number of hydrogen-bond donors (Lipinski definition) is 0. The predicted molar refractivity (Wildman–Crippen MR) is 84.3 cm³/mol. The minimum Gasteiger partial charge on any atom is -0.438 e. The molecule has 0 aromatic rings. The fourth-order valence-electron chi connectivity index (χ4n) is 1.40. The summed E-state index contributed by atoms with van der Waals surface area (Å²) in [6.45, 7) is 7.04. The Labute approximate surface area is 143 Å². The molecule has 9 heteroatoms. The molecule has 0 spiro atoms. The molecule has 1 saturated heterocycles. The number of hydrogen-bond acceptors (Lipinski definition) is 9. The van der Waals surface area contributed by atoms with E-state index in [1.807, 2.05) is 0 Å². The number of carbonyl (C=O) groups is 1. The summed E-state index contributed by atoms with van der Waals surface area (Å²) < 4.78 is 40.0. The first-order chi connectivity index (χ1) is 11.8. The standard InChI is InChI=1S/C12H24O6.C3H6O3/c1-2-14-5-6-16-9-10-18-12-11-17-8-7-15-4-3-13-1;1-5-3(4)6-2/h1-12H2;1-2H3. The average molecular weight is 354 g/mol. The zero-order chi connectivity index (χ0) is 17.7. The van der Waals surface area contributed by atoms with Gasteiger partial charge in [0.25, 0.3) is 0 Å². The highest BCUT2D eigenvalue weighted by Crippen LogP contribution is 1.86. The third-order valence-corrected chi connectivity index (χ3v) is 2.57. The van der Waals surface area contributed by atoms with Gasteiger partial charge >= 0.3 is 6.16 Å². The van der Waals surface area contributed by atoms with Crippen molar-refractivity contribution in [3.05, 3.63) is 0 Å². The summed E-state index contributed by atoms with van der Waals surface area (Å²) in [5, 5.41) is 0. The fraction of sp³-hybridized carbons (Fsp3) is 0.933. The largest absolute Gasteiger partial charge is 0.507 e. The molecule has 1 aliphatic rings. The van der Waals surface area contributed by atoms with Crippen molar-refractivity contribution in [2.45, 2.75) is 0 Å². The molecule has 1 aliphatic heterocycles. The van der Waals surface area contributed by atoms with Crippen LogP contribution >= 0.6 is 0 Å². The summed E-state index contributed by atoms with van der Waals surface area (Å²) in [4.78, 5) is 9.74. The van der Waals surface area contributed by atoms with Crippen LogP contribution in [0.3, 0.4) is 0 Å². The lowest BCUT2D eigenvalue weighted by Gasteiger charge is -2.09. The molecule has 1 heterocycles. The number of ether oxygens (including phenoxy) is 8. The molecule has 0 aliphatic carbocycles. The summed E-state index contributed by atoms with van der Waals surface area (Å²) in [5.74, 6) is 0. The van der Waals surface area contributed by atoms with Crippen molar-refractivity contribution in [1.29, 1.82) is 0 Å². The summed E-state index contributed by atoms with van der Waals surface area (Å²) in [6, 6.07) is 0. The Balaban J connectivity index is 0.000000754. The molecule has 0 aromatic heterocycles. The number of carbonyl (C=O) groups excluding carboxylic acids is 1. The molecule has 0 saturated carbocycles. The van der Waals surface area contributed by atoms with Gasteiger partial charge in [0.2, 0.25) is 0 Å². The van der Waals surface area contributed by atoms with Gasteiger partial charge in [0.15, 0.2) is 0 Å². The molecule has 0 unspecified atom stereocenters. The van der Waals surface area contributed by atoms with E-state index in [0.29, 0.717) is 79.3 Å². The van der Waals surface area contributed by atoms with E-state index in [9.17, 15) is 4.79 Å². The van der Waals surface area contributed by atoms with Crippen LogP contribution in [0.25, 0.3) is 0 Å². The van der Waals surface area contributed by atoms with Crippen LogP contribution in [0.2, 0.25) is 0 Å². The normalized spacial score (nSPS) is 19.8. The van der Waals surface area contributed by atoms with Crippen LogP contribution in [-0.2, 0) is 37.9 Å². The van der Waals surface area contributed by atoms with Gasteiger partial charge < -0.3 is 37.9 Å². The molecule has 0 aromatic carbocycles. The topological polar surface area (TPSA) is 90.9 Å². The molecule has 24 heavy (non-hydrogen) atoms. The van der Waals surface area contributed by atoms with Gasteiger partial charge in [0.1, 0.15) is 0 Å². The lowest BCUT2D eigenvalue weighted by atomic mass is 10.6. The van der Waals surface area contributed by atoms with Crippen LogP contribution < -0.4 is 0 Å². The minimum absolute atomic E-state index is 0.586. The first-order valence-corrected chi connectivity index (χ1v) is 7.89. The van der Waals surface area contributed by atoms with Crippen molar-refractivity contribution in [2.75, 3.05) is 93.5 Å². The molecule has 144 valence electrons. The zero-order valence-electron chi connectivity index (χ0n) is 14.7. The number of rotatable bonds is 0. The molecule has 1 fully saturated rings. The van der Waals surface area contributed by atoms with Gasteiger partial charge in [-0.25, -0.2) is 4.79 Å². The van der Waals surface area contributed by atoms with Crippen LogP contribution in [0.4, 0.5) is 4.79 Å². The highest BCUT2D eigenvalue weighted by molar-refractivity contribution is 5.59. The van der Waals surface area contributed by atoms with Crippen molar-refractivity contribution < 1.29 is 42.7 Å². The van der Waals surface area contributed by atoms with Crippen LogP contribution in [0, 0.1) is 0 Å². The van der Waals surface area contributed by atoms with Crippen molar-refractivity contribution in [1.82, 2.24) is 0 Å². The maximum absolute atomic E-state index is 9.74. The molecular weight excluding hydrogens is 324 g/mol. The first kappa shape index (κ1) is 23.0. The molecule has 0 atom stereocenters. The fourth-order valence-corrected chi connectivity index (χ4v) is 1.40. The molecule has 1 rings (SSSR count). The van der Waals surface area contributed by atoms with E-state index in [0.717, 1.165) is 0 Å². The van der Waals surface area contributed by atoms with Gasteiger partial charge in [0, 0.05) is 0 Å². The monoisotopic (exact) mass is 354 g/mol. The summed E-state index contributed by atoms with van der Waals surface area (Å²) in [5.41, 5.74) is 0. The Kier molecular flexibility index (Phi) is 19.3. The van der Waals surface area contributed by atoms with Crippen molar-refractivity contribution in [3.63, 3.8) is 0 Å². The Bertz CT molecular complexity index is 182. The van der Waals surface area contributed by atoms with E-state index in [-0.39, 0.29) is 0 Å². The SMILES string of the molecule is C1COCCOCCOCCOCCOCCO1.COC(=O)OC. The van der Waals surface area contributed by atoms with Gasteiger partial charge in [-0.3, -0.25) is 0 Å². The quantitative estimate of drug-likeness (QED) is 0.577. The Morgan fingerprint density at radius 2 is 0.667 bits per heavy atom. The second-order valence-electron chi connectivity index (χ2n) is 4.33. The lowest BCUT2D eigenvalue weighted by Crippen LogP contribution is -2.16. The molecular formula is C15H30O9. The van der Waals surface area contributed by atoms with Gasteiger partial charge in [-0.15, -0.1) is 0 Å². The zero-order valence-corrected chi connectivity index (χ0v) is 14.7.